The van der Waals surface area contributed by atoms with Crippen molar-refractivity contribution in [2.75, 3.05) is 11.9 Å². The van der Waals surface area contributed by atoms with E-state index in [1.54, 1.807) is 11.3 Å². The van der Waals surface area contributed by atoms with E-state index in [4.69, 9.17) is 9.84 Å². The minimum Gasteiger partial charge on any atom is -0.494 e. The van der Waals surface area contributed by atoms with Crippen molar-refractivity contribution in [3.8, 4) is 17.0 Å². The molecule has 2 N–H and O–H groups in total. The molecule has 2 aromatic carbocycles. The largest absolute Gasteiger partial charge is 0.494 e. The Morgan fingerprint density at radius 2 is 1.89 bits per heavy atom. The number of unbranched alkanes of at least 4 members (excludes halogenated alkanes) is 1. The van der Waals surface area contributed by atoms with Gasteiger partial charge in [-0.1, -0.05) is 25.5 Å². The zero-order chi connectivity index (χ0) is 19.8. The molecule has 5 nitrogen and oxygen atoms in total. The van der Waals surface area contributed by atoms with E-state index in [9.17, 15) is 4.79 Å². The van der Waals surface area contributed by atoms with Crippen LogP contribution in [0.15, 0.2) is 53.9 Å². The molecule has 3 aromatic rings. The lowest BCUT2D eigenvalue weighted by Gasteiger charge is -2.06. The number of nitrogens with zero attached hydrogens (tertiary/aromatic N) is 1. The number of aliphatic carboxylic acids is 1. The van der Waals surface area contributed by atoms with Crippen LogP contribution < -0.4 is 10.1 Å². The first kappa shape index (κ1) is 19.9. The van der Waals surface area contributed by atoms with Crippen molar-refractivity contribution in [3.05, 3.63) is 59.5 Å². The van der Waals surface area contributed by atoms with Crippen molar-refractivity contribution in [2.45, 2.75) is 32.6 Å². The molecule has 0 fully saturated rings. The maximum atomic E-state index is 10.7. The molecular weight excluding hydrogens is 372 g/mol. The van der Waals surface area contributed by atoms with E-state index < -0.39 is 5.97 Å². The number of carboxylic acids is 1. The fraction of sp³-hybridized carbons (Fsp3) is 0.273. The molecule has 0 saturated heterocycles. The minimum atomic E-state index is -0.780. The Labute approximate surface area is 169 Å². The summed E-state index contributed by atoms with van der Waals surface area (Å²) in [5, 5.41) is 14.9. The van der Waals surface area contributed by atoms with Gasteiger partial charge < -0.3 is 15.2 Å². The first-order valence-corrected chi connectivity index (χ1v) is 10.3. The summed E-state index contributed by atoms with van der Waals surface area (Å²) in [6, 6.07) is 15.8. The van der Waals surface area contributed by atoms with E-state index in [0.29, 0.717) is 6.42 Å². The number of aryl methyl sites for hydroxylation is 1. The van der Waals surface area contributed by atoms with Crippen molar-refractivity contribution in [1.29, 1.82) is 0 Å². The molecule has 0 bridgehead atoms. The molecular formula is C22H24N2O3S. The number of hydrogen-bond donors (Lipinski definition) is 2. The van der Waals surface area contributed by atoms with Gasteiger partial charge in [0, 0.05) is 23.1 Å². The maximum Gasteiger partial charge on any atom is 0.303 e. The Morgan fingerprint density at radius 1 is 1.14 bits per heavy atom. The number of anilines is 2. The van der Waals surface area contributed by atoms with E-state index in [2.05, 4.69) is 17.2 Å². The molecule has 0 amide bonds. The van der Waals surface area contributed by atoms with Gasteiger partial charge in [-0.25, -0.2) is 4.98 Å². The van der Waals surface area contributed by atoms with Crippen LogP contribution in [0, 0.1) is 0 Å². The fourth-order valence-corrected chi connectivity index (χ4v) is 3.39. The van der Waals surface area contributed by atoms with Crippen LogP contribution in [0.4, 0.5) is 10.8 Å². The van der Waals surface area contributed by atoms with Crippen molar-refractivity contribution < 1.29 is 14.6 Å². The third-order valence-electron chi connectivity index (χ3n) is 4.25. The topological polar surface area (TPSA) is 71.5 Å². The van der Waals surface area contributed by atoms with Crippen LogP contribution in [0.25, 0.3) is 11.3 Å². The number of aromatic nitrogens is 1. The van der Waals surface area contributed by atoms with Crippen LogP contribution in [0.3, 0.4) is 0 Å². The number of carboxylic acid groups (broad SMARTS) is 1. The normalized spacial score (nSPS) is 10.6. The van der Waals surface area contributed by atoms with Crippen LogP contribution in [0.5, 0.6) is 5.75 Å². The van der Waals surface area contributed by atoms with Gasteiger partial charge in [-0.2, -0.15) is 0 Å². The highest BCUT2D eigenvalue weighted by Crippen LogP contribution is 2.28. The van der Waals surface area contributed by atoms with Gasteiger partial charge in [0.2, 0.25) is 0 Å². The molecule has 1 aromatic heterocycles. The van der Waals surface area contributed by atoms with Crippen molar-refractivity contribution in [1.82, 2.24) is 4.98 Å². The molecule has 0 spiro atoms. The Morgan fingerprint density at radius 3 is 2.57 bits per heavy atom. The van der Waals surface area contributed by atoms with Gasteiger partial charge in [0.15, 0.2) is 5.13 Å². The molecule has 0 radical (unpaired) electrons. The van der Waals surface area contributed by atoms with Gasteiger partial charge in [0.05, 0.1) is 12.3 Å². The highest BCUT2D eigenvalue weighted by atomic mass is 32.1. The van der Waals surface area contributed by atoms with Crippen molar-refractivity contribution >= 4 is 28.1 Å². The summed E-state index contributed by atoms with van der Waals surface area (Å²) in [4.78, 5) is 15.3. The van der Waals surface area contributed by atoms with Gasteiger partial charge in [-0.3, -0.25) is 4.79 Å². The van der Waals surface area contributed by atoms with Crippen LogP contribution in [-0.4, -0.2) is 22.7 Å². The Bertz CT molecular complexity index is 889. The van der Waals surface area contributed by atoms with Crippen LogP contribution in [-0.2, 0) is 11.2 Å². The average molecular weight is 397 g/mol. The molecule has 6 heteroatoms. The third kappa shape index (κ3) is 5.82. The van der Waals surface area contributed by atoms with Crippen molar-refractivity contribution in [2.24, 2.45) is 0 Å². The second-order valence-corrected chi connectivity index (χ2v) is 7.34. The molecule has 0 aliphatic carbocycles. The van der Waals surface area contributed by atoms with E-state index >= 15 is 0 Å². The van der Waals surface area contributed by atoms with Gasteiger partial charge in [-0.15, -0.1) is 11.3 Å². The first-order chi connectivity index (χ1) is 13.6. The van der Waals surface area contributed by atoms with E-state index in [0.717, 1.165) is 52.8 Å². The lowest BCUT2D eigenvalue weighted by molar-refractivity contribution is -0.136. The predicted octanol–water partition coefficient (Wildman–Crippen LogP) is 5.75. The molecule has 0 saturated carbocycles. The standard InChI is InChI=1S/C22H24N2O3S/c1-2-3-14-27-19-11-7-17(8-12-19)20-15-28-22(24-20)23-18-9-4-16(5-10-18)6-13-21(25)26/h4-5,7-12,15H,2-3,6,13-14H2,1H3,(H,23,24)(H,25,26). The Balaban J connectivity index is 1.58. The van der Waals surface area contributed by atoms with E-state index in [-0.39, 0.29) is 6.42 Å². The Kier molecular flexibility index (Phi) is 7.03. The van der Waals surface area contributed by atoms with Crippen molar-refractivity contribution in [3.63, 3.8) is 0 Å². The summed E-state index contributed by atoms with van der Waals surface area (Å²) < 4.78 is 5.70. The number of carbonyl (C=O) groups is 1. The van der Waals surface area contributed by atoms with E-state index in [1.807, 2.05) is 53.9 Å². The second kappa shape index (κ2) is 9.90. The molecule has 0 aliphatic rings. The summed E-state index contributed by atoms with van der Waals surface area (Å²) in [5.41, 5.74) is 3.91. The highest BCUT2D eigenvalue weighted by Gasteiger charge is 2.06. The van der Waals surface area contributed by atoms with Gasteiger partial charge in [0.25, 0.3) is 0 Å². The van der Waals surface area contributed by atoms with Gasteiger partial charge >= 0.3 is 5.97 Å². The van der Waals surface area contributed by atoms with Crippen LogP contribution in [0.1, 0.15) is 31.7 Å². The number of benzene rings is 2. The number of hydrogen-bond acceptors (Lipinski definition) is 5. The zero-order valence-electron chi connectivity index (χ0n) is 15.9. The maximum absolute atomic E-state index is 10.7. The molecule has 0 aliphatic heterocycles. The first-order valence-electron chi connectivity index (χ1n) is 9.40. The summed E-state index contributed by atoms with van der Waals surface area (Å²) in [6.07, 6.45) is 2.86. The number of rotatable bonds is 10. The molecule has 3 rings (SSSR count). The highest BCUT2D eigenvalue weighted by molar-refractivity contribution is 7.14. The lowest BCUT2D eigenvalue weighted by atomic mass is 10.1. The number of nitrogens with one attached hydrogen (secondary N) is 1. The predicted molar refractivity (Wildman–Crippen MR) is 114 cm³/mol. The SMILES string of the molecule is CCCCOc1ccc(-c2csc(Nc3ccc(CCC(=O)O)cc3)n2)cc1. The molecule has 0 unspecified atom stereocenters. The number of thiazole rings is 1. The summed E-state index contributed by atoms with van der Waals surface area (Å²) in [7, 11) is 0. The van der Waals surface area contributed by atoms with E-state index in [1.165, 1.54) is 0 Å². The average Bonchev–Trinajstić information content (AvgIpc) is 3.16. The quantitative estimate of drug-likeness (QED) is 0.427. The van der Waals surface area contributed by atoms with Crippen LogP contribution >= 0.6 is 11.3 Å². The molecule has 146 valence electrons. The molecule has 28 heavy (non-hydrogen) atoms. The lowest BCUT2D eigenvalue weighted by Crippen LogP contribution is -1.97. The smallest absolute Gasteiger partial charge is 0.303 e. The number of ether oxygens (including phenoxy) is 1. The van der Waals surface area contributed by atoms with Crippen LogP contribution in [0.2, 0.25) is 0 Å². The minimum absolute atomic E-state index is 0.144. The summed E-state index contributed by atoms with van der Waals surface area (Å²) in [5.74, 6) is 0.104. The summed E-state index contributed by atoms with van der Waals surface area (Å²) in [6.45, 7) is 2.89. The van der Waals surface area contributed by atoms with Gasteiger partial charge in [-0.05, 0) is 54.8 Å². The zero-order valence-corrected chi connectivity index (χ0v) is 16.7. The summed E-state index contributed by atoms with van der Waals surface area (Å²) >= 11 is 1.55. The fourth-order valence-electron chi connectivity index (χ4n) is 2.65. The third-order valence-corrected chi connectivity index (χ3v) is 5.01. The monoisotopic (exact) mass is 396 g/mol. The molecule has 0 atom stereocenters. The molecule has 1 heterocycles. The van der Waals surface area contributed by atoms with Gasteiger partial charge in [0.1, 0.15) is 5.75 Å². The Hall–Kier alpha value is -2.86. The second-order valence-electron chi connectivity index (χ2n) is 6.48.